The second-order valence-electron chi connectivity index (χ2n) is 4.02. The molecule has 0 saturated heterocycles. The third-order valence-electron chi connectivity index (χ3n) is 2.59. The standard InChI is InChI=1S/C14H15N3O/c1-10-4-2-3-5-13(10)18-9-11-6-7-17-12(8-11)14(15)16/h2-8H,9H2,1H3,(H3,15,16). The third-order valence-corrected chi connectivity index (χ3v) is 2.59. The highest BCUT2D eigenvalue weighted by Gasteiger charge is 2.02. The topological polar surface area (TPSA) is 72.0 Å². The molecule has 3 N–H and O–H groups in total. The molecule has 1 heterocycles. The van der Waals surface area contributed by atoms with E-state index in [0.717, 1.165) is 16.9 Å². The van der Waals surface area contributed by atoms with E-state index < -0.39 is 0 Å². The lowest BCUT2D eigenvalue weighted by atomic mass is 10.2. The molecule has 2 rings (SSSR count). The Morgan fingerprint density at radius 3 is 2.83 bits per heavy atom. The van der Waals surface area contributed by atoms with Gasteiger partial charge in [0.05, 0.1) is 0 Å². The first-order valence-corrected chi connectivity index (χ1v) is 5.64. The zero-order valence-corrected chi connectivity index (χ0v) is 10.2. The van der Waals surface area contributed by atoms with Crippen LogP contribution in [0, 0.1) is 12.3 Å². The van der Waals surface area contributed by atoms with Crippen LogP contribution >= 0.6 is 0 Å². The summed E-state index contributed by atoms with van der Waals surface area (Å²) in [5.41, 5.74) is 7.91. The lowest BCUT2D eigenvalue weighted by Gasteiger charge is -2.09. The lowest BCUT2D eigenvalue weighted by molar-refractivity contribution is 0.304. The largest absolute Gasteiger partial charge is 0.489 e. The van der Waals surface area contributed by atoms with Gasteiger partial charge < -0.3 is 10.5 Å². The zero-order chi connectivity index (χ0) is 13.0. The van der Waals surface area contributed by atoms with Crippen LogP contribution in [0.5, 0.6) is 5.75 Å². The third kappa shape index (κ3) is 2.85. The number of ether oxygens (including phenoxy) is 1. The SMILES string of the molecule is Cc1ccccc1OCc1ccnc(C(=N)N)c1. The van der Waals surface area contributed by atoms with Gasteiger partial charge >= 0.3 is 0 Å². The highest BCUT2D eigenvalue weighted by atomic mass is 16.5. The fourth-order valence-corrected chi connectivity index (χ4v) is 1.59. The van der Waals surface area contributed by atoms with E-state index in [4.69, 9.17) is 15.9 Å². The van der Waals surface area contributed by atoms with Gasteiger partial charge in [-0.05, 0) is 36.2 Å². The molecule has 0 fully saturated rings. The average Bonchev–Trinajstić information content (AvgIpc) is 2.38. The quantitative estimate of drug-likeness (QED) is 0.637. The zero-order valence-electron chi connectivity index (χ0n) is 10.2. The first-order chi connectivity index (χ1) is 8.66. The monoisotopic (exact) mass is 241 g/mol. The molecule has 0 radical (unpaired) electrons. The lowest BCUT2D eigenvalue weighted by Crippen LogP contribution is -2.13. The molecular formula is C14H15N3O. The molecule has 4 heteroatoms. The smallest absolute Gasteiger partial charge is 0.141 e. The second-order valence-corrected chi connectivity index (χ2v) is 4.02. The summed E-state index contributed by atoms with van der Waals surface area (Å²) in [7, 11) is 0. The molecule has 0 amide bonds. The average molecular weight is 241 g/mol. The summed E-state index contributed by atoms with van der Waals surface area (Å²) in [5, 5.41) is 7.34. The number of aromatic nitrogens is 1. The van der Waals surface area contributed by atoms with Gasteiger partial charge in [-0.25, -0.2) is 0 Å². The van der Waals surface area contributed by atoms with E-state index in [1.807, 2.05) is 37.3 Å². The van der Waals surface area contributed by atoms with Crippen LogP contribution in [0.15, 0.2) is 42.6 Å². The number of hydrogen-bond acceptors (Lipinski definition) is 3. The molecule has 4 nitrogen and oxygen atoms in total. The first-order valence-electron chi connectivity index (χ1n) is 5.64. The maximum atomic E-state index is 7.34. The van der Waals surface area contributed by atoms with E-state index >= 15 is 0 Å². The van der Waals surface area contributed by atoms with Crippen molar-refractivity contribution in [3.8, 4) is 5.75 Å². The van der Waals surface area contributed by atoms with Crippen LogP contribution in [0.25, 0.3) is 0 Å². The van der Waals surface area contributed by atoms with Crippen LogP contribution in [0.4, 0.5) is 0 Å². The highest BCUT2D eigenvalue weighted by molar-refractivity contribution is 5.93. The molecule has 0 spiro atoms. The van der Waals surface area contributed by atoms with Crippen molar-refractivity contribution in [1.29, 1.82) is 5.41 Å². The van der Waals surface area contributed by atoms with E-state index in [2.05, 4.69) is 4.98 Å². The van der Waals surface area contributed by atoms with E-state index in [1.54, 1.807) is 12.3 Å². The molecule has 1 aromatic carbocycles. The maximum absolute atomic E-state index is 7.34. The number of nitrogen functional groups attached to an aromatic ring is 1. The van der Waals surface area contributed by atoms with Crippen molar-refractivity contribution in [3.63, 3.8) is 0 Å². The minimum atomic E-state index is -0.0345. The Balaban J connectivity index is 2.09. The second kappa shape index (κ2) is 5.31. The van der Waals surface area contributed by atoms with Crippen molar-refractivity contribution in [2.75, 3.05) is 0 Å². The van der Waals surface area contributed by atoms with Gasteiger partial charge in [0.2, 0.25) is 0 Å². The summed E-state index contributed by atoms with van der Waals surface area (Å²) < 4.78 is 5.72. The van der Waals surface area contributed by atoms with E-state index in [-0.39, 0.29) is 5.84 Å². The van der Waals surface area contributed by atoms with Gasteiger partial charge in [-0.15, -0.1) is 0 Å². The molecule has 18 heavy (non-hydrogen) atoms. The molecule has 0 bridgehead atoms. The summed E-state index contributed by atoms with van der Waals surface area (Å²) in [6.45, 7) is 2.44. The van der Waals surface area contributed by atoms with Crippen LogP contribution in [-0.2, 0) is 6.61 Å². The molecule has 0 unspecified atom stereocenters. The first kappa shape index (κ1) is 12.1. The van der Waals surface area contributed by atoms with Gasteiger partial charge in [0.15, 0.2) is 0 Å². The van der Waals surface area contributed by atoms with Crippen LogP contribution in [-0.4, -0.2) is 10.8 Å². The molecular weight excluding hydrogens is 226 g/mol. The Kier molecular flexibility index (Phi) is 3.57. The van der Waals surface area contributed by atoms with Crippen LogP contribution < -0.4 is 10.5 Å². The fraction of sp³-hybridized carbons (Fsp3) is 0.143. The number of rotatable bonds is 4. The Labute approximate surface area is 106 Å². The van der Waals surface area contributed by atoms with Crippen molar-refractivity contribution in [1.82, 2.24) is 4.98 Å². The number of para-hydroxylation sites is 1. The van der Waals surface area contributed by atoms with Gasteiger partial charge in [-0.2, -0.15) is 0 Å². The predicted octanol–water partition coefficient (Wildman–Crippen LogP) is 2.25. The molecule has 1 aromatic heterocycles. The predicted molar refractivity (Wildman–Crippen MR) is 70.8 cm³/mol. The molecule has 0 aliphatic carbocycles. The van der Waals surface area contributed by atoms with Crippen molar-refractivity contribution in [3.05, 3.63) is 59.4 Å². The number of benzene rings is 1. The van der Waals surface area contributed by atoms with E-state index in [9.17, 15) is 0 Å². The van der Waals surface area contributed by atoms with Gasteiger partial charge in [-0.3, -0.25) is 10.4 Å². The summed E-state index contributed by atoms with van der Waals surface area (Å²) in [5.74, 6) is 0.825. The molecule has 0 saturated carbocycles. The number of nitrogens with two attached hydrogens (primary N) is 1. The van der Waals surface area contributed by atoms with Gasteiger partial charge in [-0.1, -0.05) is 18.2 Å². The summed E-state index contributed by atoms with van der Waals surface area (Å²) in [6.07, 6.45) is 1.63. The van der Waals surface area contributed by atoms with E-state index in [1.165, 1.54) is 0 Å². The van der Waals surface area contributed by atoms with Crippen LogP contribution in [0.1, 0.15) is 16.8 Å². The Morgan fingerprint density at radius 1 is 1.33 bits per heavy atom. The molecule has 0 aliphatic heterocycles. The summed E-state index contributed by atoms with van der Waals surface area (Å²) in [6, 6.07) is 11.5. The molecule has 0 atom stereocenters. The van der Waals surface area contributed by atoms with Crippen molar-refractivity contribution in [2.24, 2.45) is 5.73 Å². The van der Waals surface area contributed by atoms with Gasteiger partial charge in [0.1, 0.15) is 23.9 Å². The van der Waals surface area contributed by atoms with Crippen LogP contribution in [0.3, 0.4) is 0 Å². The summed E-state index contributed by atoms with van der Waals surface area (Å²) >= 11 is 0. The molecule has 0 aliphatic rings. The molecule has 2 aromatic rings. The highest BCUT2D eigenvalue weighted by Crippen LogP contribution is 2.17. The number of amidine groups is 1. The molecule has 92 valence electrons. The number of nitrogens with one attached hydrogen (secondary N) is 1. The number of pyridine rings is 1. The number of aryl methyl sites for hydroxylation is 1. The fourth-order valence-electron chi connectivity index (χ4n) is 1.59. The van der Waals surface area contributed by atoms with Gasteiger partial charge in [0.25, 0.3) is 0 Å². The minimum absolute atomic E-state index is 0.0345. The number of nitrogens with zero attached hydrogens (tertiary/aromatic N) is 1. The normalized spacial score (nSPS) is 10.1. The van der Waals surface area contributed by atoms with Crippen molar-refractivity contribution in [2.45, 2.75) is 13.5 Å². The van der Waals surface area contributed by atoms with Crippen LogP contribution in [0.2, 0.25) is 0 Å². The Bertz CT molecular complexity index is 566. The minimum Gasteiger partial charge on any atom is -0.489 e. The number of hydrogen-bond donors (Lipinski definition) is 2. The van der Waals surface area contributed by atoms with Crippen molar-refractivity contribution < 1.29 is 4.74 Å². The maximum Gasteiger partial charge on any atom is 0.141 e. The van der Waals surface area contributed by atoms with Crippen molar-refractivity contribution >= 4 is 5.84 Å². The van der Waals surface area contributed by atoms with Gasteiger partial charge in [0, 0.05) is 6.20 Å². The Hall–Kier alpha value is -2.36. The summed E-state index contributed by atoms with van der Waals surface area (Å²) in [4.78, 5) is 4.01. The Morgan fingerprint density at radius 2 is 2.11 bits per heavy atom. The van der Waals surface area contributed by atoms with E-state index in [0.29, 0.717) is 12.3 Å².